The van der Waals surface area contributed by atoms with Crippen LogP contribution in [0.5, 0.6) is 0 Å². The topological polar surface area (TPSA) is 79.6 Å². The van der Waals surface area contributed by atoms with Crippen LogP contribution in [0.15, 0.2) is 53.5 Å². The van der Waals surface area contributed by atoms with Gasteiger partial charge in [-0.2, -0.15) is 0 Å². The number of aryl methyl sites for hydroxylation is 1. The van der Waals surface area contributed by atoms with Gasteiger partial charge in [-0.05, 0) is 30.0 Å². The van der Waals surface area contributed by atoms with E-state index >= 15 is 0 Å². The van der Waals surface area contributed by atoms with Crippen molar-refractivity contribution in [2.75, 3.05) is 7.05 Å². The predicted molar refractivity (Wildman–Crippen MR) is 101 cm³/mol. The van der Waals surface area contributed by atoms with Crippen molar-refractivity contribution in [2.24, 2.45) is 4.99 Å². The fraction of sp³-hybridized carbons (Fsp3) is 0.316. The molecule has 0 saturated heterocycles. The summed E-state index contributed by atoms with van der Waals surface area (Å²) in [5.41, 5.74) is 3.55. The molecule has 0 aliphatic heterocycles. The summed E-state index contributed by atoms with van der Waals surface area (Å²) in [6.45, 7) is 4.76. The number of nitro groups is 1. The van der Waals surface area contributed by atoms with Crippen LogP contribution in [0.25, 0.3) is 0 Å². The third-order valence-electron chi connectivity index (χ3n) is 4.07. The summed E-state index contributed by atoms with van der Waals surface area (Å²) in [4.78, 5) is 14.5. The summed E-state index contributed by atoms with van der Waals surface area (Å²) in [6, 6.07) is 15.1. The number of rotatable bonds is 6. The molecule has 132 valence electrons. The molecule has 0 saturated carbocycles. The SMILES string of the molecule is CCc1ccc(C(C)NC(=NC)NCc2ccc([N+](=O)[O-])cc2)cc1. The van der Waals surface area contributed by atoms with E-state index in [2.05, 4.69) is 53.7 Å². The third kappa shape index (κ3) is 5.31. The summed E-state index contributed by atoms with van der Waals surface area (Å²) < 4.78 is 0. The van der Waals surface area contributed by atoms with Crippen molar-refractivity contribution in [3.8, 4) is 0 Å². The van der Waals surface area contributed by atoms with Crippen molar-refractivity contribution in [3.63, 3.8) is 0 Å². The Kier molecular flexibility index (Phi) is 6.51. The number of nitrogens with one attached hydrogen (secondary N) is 2. The number of non-ortho nitro benzene ring substituents is 1. The maximum atomic E-state index is 10.7. The monoisotopic (exact) mass is 340 g/mol. The van der Waals surface area contributed by atoms with E-state index in [0.29, 0.717) is 12.5 Å². The molecule has 0 amide bonds. The van der Waals surface area contributed by atoms with Crippen LogP contribution in [0, 0.1) is 10.1 Å². The Morgan fingerprint density at radius 3 is 2.24 bits per heavy atom. The van der Waals surface area contributed by atoms with Crippen LogP contribution in [0.1, 0.15) is 36.6 Å². The molecule has 0 spiro atoms. The first-order valence-electron chi connectivity index (χ1n) is 8.32. The molecule has 0 aromatic heterocycles. The van der Waals surface area contributed by atoms with Crippen molar-refractivity contribution in [3.05, 3.63) is 75.3 Å². The number of benzene rings is 2. The number of aliphatic imine (C=N–C) groups is 1. The lowest BCUT2D eigenvalue weighted by Gasteiger charge is -2.18. The van der Waals surface area contributed by atoms with Crippen LogP contribution >= 0.6 is 0 Å². The van der Waals surface area contributed by atoms with Crippen LogP contribution in [0.4, 0.5) is 5.69 Å². The molecule has 2 N–H and O–H groups in total. The van der Waals surface area contributed by atoms with Gasteiger partial charge < -0.3 is 10.6 Å². The van der Waals surface area contributed by atoms with Gasteiger partial charge in [0.2, 0.25) is 0 Å². The average Bonchev–Trinajstić information content (AvgIpc) is 2.65. The molecular formula is C19H24N4O2. The molecule has 0 heterocycles. The lowest BCUT2D eigenvalue weighted by atomic mass is 10.1. The first-order valence-corrected chi connectivity index (χ1v) is 8.32. The Bertz CT molecular complexity index is 724. The normalized spacial score (nSPS) is 12.5. The van der Waals surface area contributed by atoms with Gasteiger partial charge in [0.25, 0.3) is 5.69 Å². The summed E-state index contributed by atoms with van der Waals surface area (Å²) >= 11 is 0. The van der Waals surface area contributed by atoms with Crippen molar-refractivity contribution >= 4 is 11.6 Å². The van der Waals surface area contributed by atoms with Crippen molar-refractivity contribution < 1.29 is 4.92 Å². The molecule has 0 fully saturated rings. The predicted octanol–water partition coefficient (Wildman–Crippen LogP) is 3.58. The summed E-state index contributed by atoms with van der Waals surface area (Å²) in [5.74, 6) is 0.686. The molecule has 6 nitrogen and oxygen atoms in total. The van der Waals surface area contributed by atoms with E-state index in [4.69, 9.17) is 0 Å². The second-order valence-electron chi connectivity index (χ2n) is 5.81. The minimum atomic E-state index is -0.400. The second kappa shape index (κ2) is 8.82. The number of guanidine groups is 1. The van der Waals surface area contributed by atoms with E-state index in [1.807, 2.05) is 0 Å². The Hall–Kier alpha value is -2.89. The third-order valence-corrected chi connectivity index (χ3v) is 4.07. The highest BCUT2D eigenvalue weighted by Crippen LogP contribution is 2.14. The van der Waals surface area contributed by atoms with E-state index in [9.17, 15) is 10.1 Å². The Morgan fingerprint density at radius 1 is 1.12 bits per heavy atom. The van der Waals surface area contributed by atoms with Crippen molar-refractivity contribution in [2.45, 2.75) is 32.9 Å². The maximum absolute atomic E-state index is 10.7. The largest absolute Gasteiger partial charge is 0.352 e. The second-order valence-corrected chi connectivity index (χ2v) is 5.81. The molecule has 1 atom stereocenters. The Balaban J connectivity index is 1.92. The highest BCUT2D eigenvalue weighted by molar-refractivity contribution is 5.80. The number of nitrogens with zero attached hydrogens (tertiary/aromatic N) is 2. The Morgan fingerprint density at radius 2 is 1.72 bits per heavy atom. The standard InChI is InChI=1S/C19H24N4O2/c1-4-15-5-9-17(10-6-15)14(2)22-19(20-3)21-13-16-7-11-18(12-8-16)23(24)25/h5-12,14H,4,13H2,1-3H3,(H2,20,21,22). The molecule has 2 aromatic carbocycles. The number of hydrogen-bond acceptors (Lipinski definition) is 3. The fourth-order valence-corrected chi connectivity index (χ4v) is 2.45. The molecule has 6 heteroatoms. The molecule has 0 aliphatic carbocycles. The van der Waals surface area contributed by atoms with E-state index in [-0.39, 0.29) is 11.7 Å². The lowest BCUT2D eigenvalue weighted by molar-refractivity contribution is -0.384. The summed E-state index contributed by atoms with van der Waals surface area (Å²) in [6.07, 6.45) is 1.03. The molecule has 25 heavy (non-hydrogen) atoms. The van der Waals surface area contributed by atoms with Crippen molar-refractivity contribution in [1.29, 1.82) is 0 Å². The zero-order valence-corrected chi connectivity index (χ0v) is 14.8. The van der Waals surface area contributed by atoms with Gasteiger partial charge in [-0.3, -0.25) is 15.1 Å². The van der Waals surface area contributed by atoms with E-state index in [1.54, 1.807) is 19.2 Å². The van der Waals surface area contributed by atoms with Crippen LogP contribution < -0.4 is 10.6 Å². The Labute approximate surface area is 148 Å². The molecule has 2 aromatic rings. The van der Waals surface area contributed by atoms with E-state index < -0.39 is 4.92 Å². The van der Waals surface area contributed by atoms with Gasteiger partial charge in [0.05, 0.1) is 11.0 Å². The van der Waals surface area contributed by atoms with Crippen LogP contribution in [-0.4, -0.2) is 17.9 Å². The lowest BCUT2D eigenvalue weighted by Crippen LogP contribution is -2.38. The van der Waals surface area contributed by atoms with Crippen molar-refractivity contribution in [1.82, 2.24) is 10.6 Å². The van der Waals surface area contributed by atoms with Gasteiger partial charge in [-0.15, -0.1) is 0 Å². The zero-order valence-electron chi connectivity index (χ0n) is 14.8. The first-order chi connectivity index (χ1) is 12.0. The van der Waals surface area contributed by atoms with Crippen LogP contribution in [0.2, 0.25) is 0 Å². The smallest absolute Gasteiger partial charge is 0.269 e. The number of nitro benzene ring substituents is 1. The van der Waals surface area contributed by atoms with Crippen LogP contribution in [0.3, 0.4) is 0 Å². The number of hydrogen-bond donors (Lipinski definition) is 2. The minimum absolute atomic E-state index is 0.0930. The highest BCUT2D eigenvalue weighted by atomic mass is 16.6. The average molecular weight is 340 g/mol. The maximum Gasteiger partial charge on any atom is 0.269 e. The molecular weight excluding hydrogens is 316 g/mol. The molecule has 0 radical (unpaired) electrons. The molecule has 0 aliphatic rings. The highest BCUT2D eigenvalue weighted by Gasteiger charge is 2.08. The summed E-state index contributed by atoms with van der Waals surface area (Å²) in [7, 11) is 1.72. The van der Waals surface area contributed by atoms with Gasteiger partial charge in [0, 0.05) is 25.7 Å². The van der Waals surface area contributed by atoms with Gasteiger partial charge >= 0.3 is 0 Å². The minimum Gasteiger partial charge on any atom is -0.352 e. The molecule has 1 unspecified atom stereocenters. The van der Waals surface area contributed by atoms with E-state index in [0.717, 1.165) is 12.0 Å². The van der Waals surface area contributed by atoms with E-state index in [1.165, 1.54) is 23.3 Å². The fourth-order valence-electron chi connectivity index (χ4n) is 2.45. The van der Waals surface area contributed by atoms with Gasteiger partial charge in [-0.1, -0.05) is 43.3 Å². The molecule has 0 bridgehead atoms. The van der Waals surface area contributed by atoms with Crippen LogP contribution in [-0.2, 0) is 13.0 Å². The molecule has 2 rings (SSSR count). The van der Waals surface area contributed by atoms with Gasteiger partial charge in [0.1, 0.15) is 0 Å². The van der Waals surface area contributed by atoms with Gasteiger partial charge in [0.15, 0.2) is 5.96 Å². The quantitative estimate of drug-likeness (QED) is 0.364. The van der Waals surface area contributed by atoms with Gasteiger partial charge in [-0.25, -0.2) is 0 Å². The summed E-state index contributed by atoms with van der Waals surface area (Å²) in [5, 5.41) is 17.3. The zero-order chi connectivity index (χ0) is 18.2. The first kappa shape index (κ1) is 18.4.